The lowest BCUT2D eigenvalue weighted by molar-refractivity contribution is -0.141. The molecular weight excluding hydrogens is 416 g/mol. The van der Waals surface area contributed by atoms with Gasteiger partial charge in [0.1, 0.15) is 24.4 Å². The van der Waals surface area contributed by atoms with Crippen molar-refractivity contribution in [1.29, 1.82) is 0 Å². The van der Waals surface area contributed by atoms with Gasteiger partial charge in [0.05, 0.1) is 6.04 Å². The third-order valence-corrected chi connectivity index (χ3v) is 5.80. The van der Waals surface area contributed by atoms with Crippen molar-refractivity contribution < 1.29 is 29.4 Å². The van der Waals surface area contributed by atoms with Crippen LogP contribution in [0.15, 0.2) is 24.3 Å². The monoisotopic (exact) mass is 448 g/mol. The molecule has 0 aliphatic carbocycles. The first-order valence-corrected chi connectivity index (χ1v) is 10.8. The van der Waals surface area contributed by atoms with Gasteiger partial charge in [-0.1, -0.05) is 32.4 Å². The number of phenols is 1. The first-order chi connectivity index (χ1) is 15.1. The molecule has 1 aliphatic rings. The molecule has 0 radical (unpaired) electrons. The number of amides is 3. The Morgan fingerprint density at radius 2 is 1.88 bits per heavy atom. The summed E-state index contributed by atoms with van der Waals surface area (Å²) in [5, 5.41) is 23.3. The van der Waals surface area contributed by atoms with Crippen molar-refractivity contribution in [3.8, 4) is 5.75 Å². The molecule has 32 heavy (non-hydrogen) atoms. The highest BCUT2D eigenvalue weighted by molar-refractivity contribution is 5.94. The number of hydrogen-bond donors (Lipinski definition) is 5. The van der Waals surface area contributed by atoms with E-state index in [2.05, 4.69) is 10.6 Å². The van der Waals surface area contributed by atoms with Crippen LogP contribution in [0.4, 0.5) is 0 Å². The summed E-state index contributed by atoms with van der Waals surface area (Å²) in [6.45, 7) is 3.65. The zero-order valence-corrected chi connectivity index (χ0v) is 18.4. The molecule has 6 N–H and O–H groups in total. The molecule has 4 unspecified atom stereocenters. The van der Waals surface area contributed by atoms with Gasteiger partial charge in [0, 0.05) is 13.0 Å². The minimum atomic E-state index is -1.21. The van der Waals surface area contributed by atoms with Crippen LogP contribution in [0.1, 0.15) is 38.7 Å². The summed E-state index contributed by atoms with van der Waals surface area (Å²) in [6, 6.07) is 3.62. The zero-order valence-electron chi connectivity index (χ0n) is 18.4. The van der Waals surface area contributed by atoms with Crippen LogP contribution in [0.2, 0.25) is 0 Å². The normalized spacial score (nSPS) is 18.5. The van der Waals surface area contributed by atoms with Crippen LogP contribution in [-0.4, -0.2) is 70.0 Å². The fourth-order valence-electron chi connectivity index (χ4n) is 3.62. The van der Waals surface area contributed by atoms with Crippen molar-refractivity contribution in [2.75, 3.05) is 13.1 Å². The molecule has 10 heteroatoms. The lowest BCUT2D eigenvalue weighted by Gasteiger charge is -2.30. The van der Waals surface area contributed by atoms with E-state index in [4.69, 9.17) is 10.8 Å². The number of carboxylic acids is 1. The van der Waals surface area contributed by atoms with Gasteiger partial charge in [-0.25, -0.2) is 0 Å². The number of carboxylic acid groups (broad SMARTS) is 1. The number of hydrogen-bond acceptors (Lipinski definition) is 6. The zero-order chi connectivity index (χ0) is 23.8. The second kappa shape index (κ2) is 11.5. The standard InChI is InChI=1S/C22H32N4O6/c1-3-13(2)19(23)22(32)26-10-4-5-17(26)21(31)25-16(20(30)24-12-18(28)29)11-14-6-8-15(27)9-7-14/h6-9,13,16-17,19,27H,3-5,10-12,23H2,1-2H3,(H,24,30)(H,25,31)(H,28,29). The van der Waals surface area contributed by atoms with Crippen LogP contribution < -0.4 is 16.4 Å². The molecule has 10 nitrogen and oxygen atoms in total. The van der Waals surface area contributed by atoms with Crippen LogP contribution in [0.3, 0.4) is 0 Å². The predicted octanol–water partition coefficient (Wildman–Crippen LogP) is -0.0153. The number of carbonyl (C=O) groups is 4. The van der Waals surface area contributed by atoms with Crippen LogP contribution in [0.25, 0.3) is 0 Å². The summed E-state index contributed by atoms with van der Waals surface area (Å²) in [5.41, 5.74) is 6.75. The maximum absolute atomic E-state index is 13.0. The highest BCUT2D eigenvalue weighted by Crippen LogP contribution is 2.21. The Morgan fingerprint density at radius 1 is 1.22 bits per heavy atom. The summed E-state index contributed by atoms with van der Waals surface area (Å²) >= 11 is 0. The van der Waals surface area contributed by atoms with E-state index in [1.807, 2.05) is 13.8 Å². The topological polar surface area (TPSA) is 162 Å². The molecule has 3 amide bonds. The second-order valence-corrected chi connectivity index (χ2v) is 8.14. The third kappa shape index (κ3) is 6.68. The van der Waals surface area contributed by atoms with Gasteiger partial charge in [-0.15, -0.1) is 0 Å². The number of rotatable bonds is 10. The Morgan fingerprint density at radius 3 is 2.47 bits per heavy atom. The van der Waals surface area contributed by atoms with Crippen molar-refractivity contribution in [2.24, 2.45) is 11.7 Å². The van der Waals surface area contributed by atoms with Gasteiger partial charge in [0.25, 0.3) is 0 Å². The van der Waals surface area contributed by atoms with Crippen molar-refractivity contribution in [3.63, 3.8) is 0 Å². The smallest absolute Gasteiger partial charge is 0.322 e. The lowest BCUT2D eigenvalue weighted by atomic mass is 9.98. The van der Waals surface area contributed by atoms with Crippen molar-refractivity contribution >= 4 is 23.7 Å². The number of likely N-dealkylation sites (tertiary alicyclic amines) is 1. The van der Waals surface area contributed by atoms with E-state index in [0.29, 0.717) is 24.9 Å². The Hall–Kier alpha value is -3.14. The molecular formula is C22H32N4O6. The fraction of sp³-hybridized carbons (Fsp3) is 0.545. The van der Waals surface area contributed by atoms with Crippen molar-refractivity contribution in [2.45, 2.75) is 57.7 Å². The third-order valence-electron chi connectivity index (χ3n) is 5.80. The molecule has 0 spiro atoms. The number of aliphatic carboxylic acids is 1. The molecule has 0 aromatic heterocycles. The fourth-order valence-corrected chi connectivity index (χ4v) is 3.62. The molecule has 1 heterocycles. The highest BCUT2D eigenvalue weighted by Gasteiger charge is 2.38. The van der Waals surface area contributed by atoms with E-state index >= 15 is 0 Å². The van der Waals surface area contributed by atoms with E-state index in [1.54, 1.807) is 12.1 Å². The number of nitrogens with one attached hydrogen (secondary N) is 2. The highest BCUT2D eigenvalue weighted by atomic mass is 16.4. The van der Waals surface area contributed by atoms with E-state index in [1.165, 1.54) is 17.0 Å². The first-order valence-electron chi connectivity index (χ1n) is 10.8. The first kappa shape index (κ1) is 25.1. The van der Waals surface area contributed by atoms with Gasteiger partial charge in [-0.05, 0) is 36.5 Å². The summed E-state index contributed by atoms with van der Waals surface area (Å²) in [6.07, 6.45) is 1.92. The maximum atomic E-state index is 13.0. The summed E-state index contributed by atoms with van der Waals surface area (Å²) in [4.78, 5) is 50.8. The molecule has 1 aromatic carbocycles. The Balaban J connectivity index is 2.14. The number of nitrogens with zero attached hydrogens (tertiary/aromatic N) is 1. The summed E-state index contributed by atoms with van der Waals surface area (Å²) < 4.78 is 0. The molecule has 1 fully saturated rings. The Kier molecular flexibility index (Phi) is 9.01. The van der Waals surface area contributed by atoms with Gasteiger partial charge < -0.3 is 31.5 Å². The SMILES string of the molecule is CCC(C)C(N)C(=O)N1CCCC1C(=O)NC(Cc1ccc(O)cc1)C(=O)NCC(=O)O. The van der Waals surface area contributed by atoms with Gasteiger partial charge >= 0.3 is 5.97 Å². The summed E-state index contributed by atoms with van der Waals surface area (Å²) in [7, 11) is 0. The quantitative estimate of drug-likeness (QED) is 0.336. The molecule has 0 saturated carbocycles. The molecule has 0 bridgehead atoms. The van der Waals surface area contributed by atoms with Gasteiger partial charge in [0.15, 0.2) is 0 Å². The average molecular weight is 449 g/mol. The maximum Gasteiger partial charge on any atom is 0.322 e. The van der Waals surface area contributed by atoms with Crippen molar-refractivity contribution in [3.05, 3.63) is 29.8 Å². The molecule has 1 saturated heterocycles. The van der Waals surface area contributed by atoms with Crippen LogP contribution in [-0.2, 0) is 25.6 Å². The van der Waals surface area contributed by atoms with Gasteiger partial charge in [-0.3, -0.25) is 19.2 Å². The van der Waals surface area contributed by atoms with E-state index < -0.39 is 42.5 Å². The van der Waals surface area contributed by atoms with E-state index in [9.17, 15) is 24.3 Å². The van der Waals surface area contributed by atoms with E-state index in [0.717, 1.165) is 6.42 Å². The number of nitrogens with two attached hydrogens (primary N) is 1. The largest absolute Gasteiger partial charge is 0.508 e. The molecule has 1 aliphatic heterocycles. The van der Waals surface area contributed by atoms with Crippen LogP contribution >= 0.6 is 0 Å². The predicted molar refractivity (Wildman–Crippen MR) is 117 cm³/mol. The van der Waals surface area contributed by atoms with Gasteiger partial charge in [0.2, 0.25) is 17.7 Å². The number of phenolic OH excluding ortho intramolecular Hbond substituents is 1. The minimum absolute atomic E-state index is 0.0316. The van der Waals surface area contributed by atoms with Crippen LogP contribution in [0, 0.1) is 5.92 Å². The lowest BCUT2D eigenvalue weighted by Crippen LogP contribution is -2.56. The number of benzene rings is 1. The second-order valence-electron chi connectivity index (χ2n) is 8.14. The van der Waals surface area contributed by atoms with Crippen LogP contribution in [0.5, 0.6) is 5.75 Å². The van der Waals surface area contributed by atoms with Crippen molar-refractivity contribution in [1.82, 2.24) is 15.5 Å². The number of aromatic hydroxyl groups is 1. The van der Waals surface area contributed by atoms with E-state index in [-0.39, 0.29) is 24.0 Å². The Bertz CT molecular complexity index is 828. The Labute approximate surface area is 187 Å². The summed E-state index contributed by atoms with van der Waals surface area (Å²) in [5.74, 6) is -2.61. The number of carbonyl (C=O) groups excluding carboxylic acids is 3. The average Bonchev–Trinajstić information content (AvgIpc) is 3.26. The molecule has 2 rings (SSSR count). The molecule has 4 atom stereocenters. The van der Waals surface area contributed by atoms with Gasteiger partial charge in [-0.2, -0.15) is 0 Å². The molecule has 1 aromatic rings. The minimum Gasteiger partial charge on any atom is -0.508 e. The molecule has 176 valence electrons.